The number of hydrogen-bond acceptors (Lipinski definition) is 4. The summed E-state index contributed by atoms with van der Waals surface area (Å²) in [4.78, 5) is 1.30. The van der Waals surface area contributed by atoms with Gasteiger partial charge in [0.25, 0.3) is 0 Å². The summed E-state index contributed by atoms with van der Waals surface area (Å²) in [6.45, 7) is 2.76. The smallest absolute Gasteiger partial charge is 0.119 e. The largest absolute Gasteiger partial charge is 0.494 e. The first-order chi connectivity index (χ1) is 8.81. The Kier molecular flexibility index (Phi) is 4.75. The number of rotatable bonds is 6. The molecule has 96 valence electrons. The van der Waals surface area contributed by atoms with Crippen LogP contribution in [0.25, 0.3) is 0 Å². The molecule has 1 aromatic carbocycles. The van der Waals surface area contributed by atoms with E-state index in [4.69, 9.17) is 10.6 Å². The van der Waals surface area contributed by atoms with Gasteiger partial charge in [-0.25, -0.2) is 0 Å². The van der Waals surface area contributed by atoms with Gasteiger partial charge >= 0.3 is 0 Å². The van der Waals surface area contributed by atoms with Crippen LogP contribution in [0, 0.1) is 6.92 Å². The quantitative estimate of drug-likeness (QED) is 0.621. The van der Waals surface area contributed by atoms with Crippen molar-refractivity contribution in [3.05, 3.63) is 52.2 Å². The fraction of sp³-hybridized carbons (Fsp3) is 0.286. The molecule has 0 aliphatic heterocycles. The number of benzene rings is 1. The average molecular weight is 262 g/mol. The van der Waals surface area contributed by atoms with E-state index in [1.165, 1.54) is 10.4 Å². The molecule has 0 amide bonds. The Bertz CT molecular complexity index is 470. The number of nitrogens with one attached hydrogen (secondary N) is 1. The minimum absolute atomic E-state index is 0.153. The molecule has 1 atom stereocenters. The second kappa shape index (κ2) is 6.54. The highest BCUT2D eigenvalue weighted by Crippen LogP contribution is 2.24. The van der Waals surface area contributed by atoms with Gasteiger partial charge in [-0.3, -0.25) is 11.3 Å². The molecule has 1 heterocycles. The lowest BCUT2D eigenvalue weighted by Gasteiger charge is -2.16. The molecule has 2 rings (SSSR count). The molecule has 0 aliphatic carbocycles. The number of hydrazine groups is 1. The van der Waals surface area contributed by atoms with Crippen molar-refractivity contribution in [2.75, 3.05) is 6.61 Å². The fourth-order valence-electron chi connectivity index (χ4n) is 1.90. The van der Waals surface area contributed by atoms with Crippen LogP contribution in [0.5, 0.6) is 5.75 Å². The molecular formula is C14H18N2OS. The van der Waals surface area contributed by atoms with Crippen LogP contribution in [-0.2, 0) is 0 Å². The minimum atomic E-state index is 0.153. The van der Waals surface area contributed by atoms with Crippen LogP contribution >= 0.6 is 11.3 Å². The van der Waals surface area contributed by atoms with Crippen LogP contribution in [0.4, 0.5) is 0 Å². The SMILES string of the molecule is Cc1sccc1C(CCOc1ccccc1)NN. The van der Waals surface area contributed by atoms with Gasteiger partial charge in [-0.05, 0) is 36.1 Å². The summed E-state index contributed by atoms with van der Waals surface area (Å²) in [6, 6.07) is 12.1. The number of aryl methyl sites for hydroxylation is 1. The van der Waals surface area contributed by atoms with Gasteiger partial charge in [0, 0.05) is 11.3 Å². The van der Waals surface area contributed by atoms with Crippen LogP contribution < -0.4 is 16.0 Å². The minimum Gasteiger partial charge on any atom is -0.494 e. The second-order valence-electron chi connectivity index (χ2n) is 4.10. The van der Waals surface area contributed by atoms with E-state index in [0.29, 0.717) is 6.61 Å². The molecule has 0 aliphatic rings. The second-order valence-corrected chi connectivity index (χ2v) is 5.22. The third kappa shape index (κ3) is 3.32. The highest BCUT2D eigenvalue weighted by Gasteiger charge is 2.12. The van der Waals surface area contributed by atoms with Crippen molar-refractivity contribution in [2.45, 2.75) is 19.4 Å². The van der Waals surface area contributed by atoms with E-state index < -0.39 is 0 Å². The number of para-hydroxylation sites is 1. The van der Waals surface area contributed by atoms with E-state index in [0.717, 1.165) is 12.2 Å². The summed E-state index contributed by atoms with van der Waals surface area (Å²) < 4.78 is 5.68. The zero-order valence-electron chi connectivity index (χ0n) is 10.4. The molecule has 3 N–H and O–H groups in total. The zero-order chi connectivity index (χ0) is 12.8. The van der Waals surface area contributed by atoms with Crippen LogP contribution in [0.3, 0.4) is 0 Å². The lowest BCUT2D eigenvalue weighted by Crippen LogP contribution is -2.29. The fourth-order valence-corrected chi connectivity index (χ4v) is 2.66. The molecule has 0 fully saturated rings. The highest BCUT2D eigenvalue weighted by atomic mass is 32.1. The number of hydrogen-bond donors (Lipinski definition) is 2. The maximum atomic E-state index is 5.68. The van der Waals surface area contributed by atoms with E-state index in [9.17, 15) is 0 Å². The third-order valence-corrected chi connectivity index (χ3v) is 3.76. The molecule has 3 nitrogen and oxygen atoms in total. The Morgan fingerprint density at radius 3 is 2.67 bits per heavy atom. The summed E-state index contributed by atoms with van der Waals surface area (Å²) in [5, 5.41) is 2.09. The predicted molar refractivity (Wildman–Crippen MR) is 75.7 cm³/mol. The van der Waals surface area contributed by atoms with Gasteiger partial charge in [-0.15, -0.1) is 11.3 Å². The van der Waals surface area contributed by atoms with Crippen LogP contribution in [-0.4, -0.2) is 6.61 Å². The molecular weight excluding hydrogens is 244 g/mol. The van der Waals surface area contributed by atoms with Gasteiger partial charge < -0.3 is 4.74 Å². The average Bonchev–Trinajstić information content (AvgIpc) is 2.82. The molecule has 18 heavy (non-hydrogen) atoms. The molecule has 4 heteroatoms. The van der Waals surface area contributed by atoms with E-state index in [1.54, 1.807) is 11.3 Å². The zero-order valence-corrected chi connectivity index (χ0v) is 11.2. The number of thiophene rings is 1. The van der Waals surface area contributed by atoms with Gasteiger partial charge in [0.2, 0.25) is 0 Å². The molecule has 0 radical (unpaired) electrons. The lowest BCUT2D eigenvalue weighted by molar-refractivity contribution is 0.287. The van der Waals surface area contributed by atoms with Crippen molar-refractivity contribution in [3.63, 3.8) is 0 Å². The van der Waals surface area contributed by atoms with Crippen LogP contribution in [0.1, 0.15) is 22.9 Å². The summed E-state index contributed by atoms with van der Waals surface area (Å²) in [5.41, 5.74) is 4.12. The third-order valence-electron chi connectivity index (χ3n) is 2.89. The first-order valence-corrected chi connectivity index (χ1v) is 6.87. The van der Waals surface area contributed by atoms with Crippen molar-refractivity contribution in [2.24, 2.45) is 5.84 Å². The van der Waals surface area contributed by atoms with E-state index >= 15 is 0 Å². The van der Waals surface area contributed by atoms with Crippen molar-refractivity contribution in [3.8, 4) is 5.75 Å². The Morgan fingerprint density at radius 1 is 1.28 bits per heavy atom. The number of nitrogens with two attached hydrogens (primary N) is 1. The lowest BCUT2D eigenvalue weighted by atomic mass is 10.1. The van der Waals surface area contributed by atoms with Gasteiger partial charge in [0.15, 0.2) is 0 Å². The normalized spacial score (nSPS) is 12.3. The Hall–Kier alpha value is -1.36. The van der Waals surface area contributed by atoms with Crippen molar-refractivity contribution >= 4 is 11.3 Å². The first kappa shape index (κ1) is 13.1. The standard InChI is InChI=1S/C14H18N2OS/c1-11-13(8-10-18-11)14(16-15)7-9-17-12-5-3-2-4-6-12/h2-6,8,10,14,16H,7,9,15H2,1H3. The molecule has 1 aromatic heterocycles. The highest BCUT2D eigenvalue weighted by molar-refractivity contribution is 7.10. The molecule has 2 aromatic rings. The summed E-state index contributed by atoms with van der Waals surface area (Å²) in [7, 11) is 0. The van der Waals surface area contributed by atoms with Crippen LogP contribution in [0.2, 0.25) is 0 Å². The monoisotopic (exact) mass is 262 g/mol. The summed E-state index contributed by atoms with van der Waals surface area (Å²) in [6.07, 6.45) is 0.850. The molecule has 0 bridgehead atoms. The topological polar surface area (TPSA) is 47.3 Å². The Morgan fingerprint density at radius 2 is 2.06 bits per heavy atom. The van der Waals surface area contributed by atoms with E-state index in [-0.39, 0.29) is 6.04 Å². The maximum absolute atomic E-state index is 5.68. The Labute approximate surface area is 112 Å². The summed E-state index contributed by atoms with van der Waals surface area (Å²) in [5.74, 6) is 6.51. The predicted octanol–water partition coefficient (Wildman–Crippen LogP) is 3.03. The molecule has 0 spiro atoms. The Balaban J connectivity index is 1.87. The van der Waals surface area contributed by atoms with E-state index in [1.807, 2.05) is 30.3 Å². The van der Waals surface area contributed by atoms with Gasteiger partial charge in [0.1, 0.15) is 5.75 Å². The van der Waals surface area contributed by atoms with Crippen molar-refractivity contribution in [1.29, 1.82) is 0 Å². The van der Waals surface area contributed by atoms with Crippen molar-refractivity contribution < 1.29 is 4.74 Å². The van der Waals surface area contributed by atoms with Crippen molar-refractivity contribution in [1.82, 2.24) is 5.43 Å². The van der Waals surface area contributed by atoms with Gasteiger partial charge in [-0.1, -0.05) is 18.2 Å². The first-order valence-electron chi connectivity index (χ1n) is 5.99. The molecule has 0 saturated heterocycles. The maximum Gasteiger partial charge on any atom is 0.119 e. The molecule has 0 saturated carbocycles. The van der Waals surface area contributed by atoms with Gasteiger partial charge in [0.05, 0.1) is 12.6 Å². The van der Waals surface area contributed by atoms with E-state index in [2.05, 4.69) is 23.8 Å². The molecule has 1 unspecified atom stereocenters. The van der Waals surface area contributed by atoms with Crippen LogP contribution in [0.15, 0.2) is 41.8 Å². The van der Waals surface area contributed by atoms with Gasteiger partial charge in [-0.2, -0.15) is 0 Å². The summed E-state index contributed by atoms with van der Waals surface area (Å²) >= 11 is 1.74. The number of ether oxygens (including phenoxy) is 1.